The van der Waals surface area contributed by atoms with Crippen molar-refractivity contribution < 1.29 is 28.2 Å². The topological polar surface area (TPSA) is 101 Å². The highest BCUT2D eigenvalue weighted by Gasteiger charge is 2.19. The van der Waals surface area contributed by atoms with Gasteiger partial charge in [-0.15, -0.1) is 10.2 Å². The Bertz CT molecular complexity index is 995. The molecule has 0 saturated carbocycles. The van der Waals surface area contributed by atoms with E-state index in [-0.39, 0.29) is 18.3 Å². The standard InChI is InChI=1S/C22H22N2O6/c1-4-19(25)15-5-11-18(12-6-15)28-13-20(26)29-14(2)21-23-24-22(30-21)16-7-9-17(27-3)10-8-16/h5-12,14H,4,13H2,1-3H3/t14-/m1/s1. The highest BCUT2D eigenvalue weighted by Crippen LogP contribution is 2.24. The highest BCUT2D eigenvalue weighted by atomic mass is 16.6. The molecule has 0 amide bonds. The van der Waals surface area contributed by atoms with Crippen LogP contribution in [0.1, 0.15) is 42.6 Å². The maximum Gasteiger partial charge on any atom is 0.344 e. The lowest BCUT2D eigenvalue weighted by atomic mass is 10.1. The number of hydrogen-bond acceptors (Lipinski definition) is 8. The second-order valence-corrected chi connectivity index (χ2v) is 6.40. The average molecular weight is 410 g/mol. The van der Waals surface area contributed by atoms with Gasteiger partial charge in [-0.1, -0.05) is 6.92 Å². The number of carbonyl (C=O) groups is 2. The van der Waals surface area contributed by atoms with Gasteiger partial charge < -0.3 is 18.6 Å². The third-order valence-electron chi connectivity index (χ3n) is 4.29. The van der Waals surface area contributed by atoms with Crippen molar-refractivity contribution in [3.05, 3.63) is 60.0 Å². The van der Waals surface area contributed by atoms with Gasteiger partial charge in [0.2, 0.25) is 5.89 Å². The van der Waals surface area contributed by atoms with Crippen LogP contribution in [-0.4, -0.2) is 35.7 Å². The molecule has 8 heteroatoms. The van der Waals surface area contributed by atoms with Crippen LogP contribution in [0.5, 0.6) is 11.5 Å². The zero-order valence-corrected chi connectivity index (χ0v) is 17.0. The second kappa shape index (κ2) is 9.69. The Labute approximate surface area is 173 Å². The van der Waals surface area contributed by atoms with Crippen LogP contribution in [0.15, 0.2) is 52.9 Å². The number of esters is 1. The molecular formula is C22H22N2O6. The van der Waals surface area contributed by atoms with Crippen molar-refractivity contribution in [1.29, 1.82) is 0 Å². The van der Waals surface area contributed by atoms with E-state index in [1.165, 1.54) is 0 Å². The molecule has 3 aromatic rings. The number of hydrogen-bond donors (Lipinski definition) is 0. The van der Waals surface area contributed by atoms with E-state index in [0.717, 1.165) is 5.56 Å². The van der Waals surface area contributed by atoms with Gasteiger partial charge in [0, 0.05) is 17.5 Å². The fourth-order valence-corrected chi connectivity index (χ4v) is 2.61. The molecule has 8 nitrogen and oxygen atoms in total. The molecule has 0 N–H and O–H groups in total. The van der Waals surface area contributed by atoms with Crippen LogP contribution < -0.4 is 9.47 Å². The van der Waals surface area contributed by atoms with Gasteiger partial charge in [-0.2, -0.15) is 0 Å². The van der Waals surface area contributed by atoms with Crippen LogP contribution in [0.2, 0.25) is 0 Å². The first-order valence-corrected chi connectivity index (χ1v) is 9.43. The first kappa shape index (κ1) is 21.0. The van der Waals surface area contributed by atoms with Gasteiger partial charge in [0.05, 0.1) is 7.11 Å². The molecule has 0 aliphatic carbocycles. The summed E-state index contributed by atoms with van der Waals surface area (Å²) in [7, 11) is 1.59. The van der Waals surface area contributed by atoms with Crippen LogP contribution in [0.4, 0.5) is 0 Å². The number of ketones is 1. The minimum atomic E-state index is -0.731. The SMILES string of the molecule is CCC(=O)c1ccc(OCC(=O)O[C@H](C)c2nnc(-c3ccc(OC)cc3)o2)cc1. The molecule has 1 aromatic heterocycles. The van der Waals surface area contributed by atoms with E-state index in [2.05, 4.69) is 10.2 Å². The van der Waals surface area contributed by atoms with Gasteiger partial charge in [0.15, 0.2) is 18.5 Å². The van der Waals surface area contributed by atoms with Crippen LogP contribution in [-0.2, 0) is 9.53 Å². The van der Waals surface area contributed by atoms with Crippen molar-refractivity contribution in [3.8, 4) is 23.0 Å². The van der Waals surface area contributed by atoms with Crippen LogP contribution in [0.25, 0.3) is 11.5 Å². The summed E-state index contributed by atoms with van der Waals surface area (Å²) in [6.45, 7) is 3.15. The van der Waals surface area contributed by atoms with Gasteiger partial charge in [-0.25, -0.2) is 4.79 Å². The molecule has 0 unspecified atom stereocenters. The molecule has 1 heterocycles. The molecule has 0 aliphatic heterocycles. The van der Waals surface area contributed by atoms with Crippen molar-refractivity contribution in [1.82, 2.24) is 10.2 Å². The Hall–Kier alpha value is -3.68. The van der Waals surface area contributed by atoms with E-state index in [1.54, 1.807) is 69.5 Å². The van der Waals surface area contributed by atoms with E-state index in [9.17, 15) is 9.59 Å². The largest absolute Gasteiger partial charge is 0.497 e. The zero-order valence-electron chi connectivity index (χ0n) is 17.0. The predicted octanol–water partition coefficient (Wildman–Crippen LogP) is 4.02. The third-order valence-corrected chi connectivity index (χ3v) is 4.29. The Balaban J connectivity index is 1.53. The summed E-state index contributed by atoms with van der Waals surface area (Å²) in [6.07, 6.45) is -0.301. The molecule has 1 atom stereocenters. The normalized spacial score (nSPS) is 11.6. The predicted molar refractivity (Wildman–Crippen MR) is 107 cm³/mol. The van der Waals surface area contributed by atoms with Gasteiger partial charge >= 0.3 is 5.97 Å². The Kier molecular flexibility index (Phi) is 6.79. The molecule has 2 aromatic carbocycles. The smallest absolute Gasteiger partial charge is 0.344 e. The van der Waals surface area contributed by atoms with Crippen molar-refractivity contribution in [2.45, 2.75) is 26.4 Å². The lowest BCUT2D eigenvalue weighted by molar-refractivity contribution is -0.152. The van der Waals surface area contributed by atoms with E-state index < -0.39 is 12.1 Å². The molecule has 30 heavy (non-hydrogen) atoms. The summed E-state index contributed by atoms with van der Waals surface area (Å²) in [6, 6.07) is 13.7. The Morgan fingerprint density at radius 3 is 2.30 bits per heavy atom. The fourth-order valence-electron chi connectivity index (χ4n) is 2.61. The van der Waals surface area contributed by atoms with Crippen molar-refractivity contribution in [2.24, 2.45) is 0 Å². The number of carbonyl (C=O) groups excluding carboxylic acids is 2. The number of methoxy groups -OCH3 is 1. The summed E-state index contributed by atoms with van der Waals surface area (Å²) < 4.78 is 21.4. The van der Waals surface area contributed by atoms with Crippen LogP contribution in [0, 0.1) is 0 Å². The summed E-state index contributed by atoms with van der Waals surface area (Å²) in [5.74, 6) is 1.13. The number of ether oxygens (including phenoxy) is 3. The Morgan fingerprint density at radius 2 is 1.67 bits per heavy atom. The van der Waals surface area contributed by atoms with E-state index in [0.29, 0.717) is 29.4 Å². The molecule has 0 radical (unpaired) electrons. The molecule has 0 fully saturated rings. The van der Waals surface area contributed by atoms with Crippen LogP contribution in [0.3, 0.4) is 0 Å². The fraction of sp³-hybridized carbons (Fsp3) is 0.273. The third kappa shape index (κ3) is 5.22. The van der Waals surface area contributed by atoms with E-state index >= 15 is 0 Å². The molecule has 0 spiro atoms. The van der Waals surface area contributed by atoms with E-state index in [1.807, 2.05) is 0 Å². The highest BCUT2D eigenvalue weighted by molar-refractivity contribution is 5.95. The minimum Gasteiger partial charge on any atom is -0.497 e. The summed E-state index contributed by atoms with van der Waals surface area (Å²) >= 11 is 0. The molecule has 0 bridgehead atoms. The first-order chi connectivity index (χ1) is 14.5. The maximum atomic E-state index is 12.1. The maximum absolute atomic E-state index is 12.1. The lowest BCUT2D eigenvalue weighted by Crippen LogP contribution is -2.17. The quantitative estimate of drug-likeness (QED) is 0.385. The van der Waals surface area contributed by atoms with Gasteiger partial charge in [-0.3, -0.25) is 4.79 Å². The van der Waals surface area contributed by atoms with Crippen molar-refractivity contribution in [3.63, 3.8) is 0 Å². The monoisotopic (exact) mass is 410 g/mol. The van der Waals surface area contributed by atoms with E-state index in [4.69, 9.17) is 18.6 Å². The zero-order chi connectivity index (χ0) is 21.5. The molecule has 156 valence electrons. The van der Waals surface area contributed by atoms with Gasteiger partial charge in [0.1, 0.15) is 11.5 Å². The summed E-state index contributed by atoms with van der Waals surface area (Å²) in [5, 5.41) is 7.93. The summed E-state index contributed by atoms with van der Waals surface area (Å²) in [4.78, 5) is 23.7. The van der Waals surface area contributed by atoms with Crippen molar-refractivity contribution in [2.75, 3.05) is 13.7 Å². The number of nitrogens with zero attached hydrogens (tertiary/aromatic N) is 2. The first-order valence-electron chi connectivity index (χ1n) is 9.43. The second-order valence-electron chi connectivity index (χ2n) is 6.40. The number of aromatic nitrogens is 2. The summed E-state index contributed by atoms with van der Waals surface area (Å²) in [5.41, 5.74) is 1.33. The molecule has 3 rings (SSSR count). The number of benzene rings is 2. The lowest BCUT2D eigenvalue weighted by Gasteiger charge is -2.10. The molecular weight excluding hydrogens is 388 g/mol. The van der Waals surface area contributed by atoms with Crippen LogP contribution >= 0.6 is 0 Å². The van der Waals surface area contributed by atoms with Gasteiger partial charge in [-0.05, 0) is 55.5 Å². The number of rotatable bonds is 9. The van der Waals surface area contributed by atoms with Gasteiger partial charge in [0.25, 0.3) is 5.89 Å². The Morgan fingerprint density at radius 1 is 1.00 bits per heavy atom. The average Bonchev–Trinajstić information content (AvgIpc) is 3.28. The molecule has 0 saturated heterocycles. The molecule has 0 aliphatic rings. The minimum absolute atomic E-state index is 0.0448. The number of Topliss-reactive ketones (excluding diaryl/α,β-unsaturated/α-hetero) is 1. The van der Waals surface area contributed by atoms with Crippen molar-refractivity contribution >= 4 is 11.8 Å².